The molecule has 2 saturated heterocycles. The Hall–Kier alpha value is -0.970. The van der Waals surface area contributed by atoms with Gasteiger partial charge in [-0.15, -0.1) is 11.3 Å². The summed E-state index contributed by atoms with van der Waals surface area (Å²) in [7, 11) is 0. The molecular weight excluding hydrogens is 266 g/mol. The molecule has 2 aliphatic rings. The first kappa shape index (κ1) is 12.7. The van der Waals surface area contributed by atoms with Crippen LogP contribution in [-0.4, -0.2) is 35.6 Å². The summed E-state index contributed by atoms with van der Waals surface area (Å²) < 4.78 is 1.31. The smallest absolute Gasteiger partial charge is 0.111 e. The van der Waals surface area contributed by atoms with Crippen molar-refractivity contribution in [2.75, 3.05) is 19.6 Å². The van der Waals surface area contributed by atoms with Gasteiger partial charge in [0.25, 0.3) is 0 Å². The van der Waals surface area contributed by atoms with Crippen LogP contribution in [-0.2, 0) is 0 Å². The third-order valence-electron chi connectivity index (χ3n) is 5.15. The van der Waals surface area contributed by atoms with Crippen LogP contribution in [0.2, 0.25) is 0 Å². The number of hydrogen-bond acceptors (Lipinski definition) is 4. The van der Waals surface area contributed by atoms with Crippen LogP contribution in [0.1, 0.15) is 24.9 Å². The monoisotopic (exact) mass is 287 g/mol. The Bertz CT molecular complexity index is 590. The molecule has 3 nitrogen and oxygen atoms in total. The minimum atomic E-state index is 0.438. The first-order chi connectivity index (χ1) is 9.74. The van der Waals surface area contributed by atoms with Gasteiger partial charge in [-0.2, -0.15) is 0 Å². The summed E-state index contributed by atoms with van der Waals surface area (Å²) in [5.74, 6) is 1.66. The molecule has 0 amide bonds. The van der Waals surface area contributed by atoms with Gasteiger partial charge in [-0.1, -0.05) is 12.1 Å². The van der Waals surface area contributed by atoms with Gasteiger partial charge in [-0.3, -0.25) is 4.90 Å². The molecule has 4 atom stereocenters. The molecule has 4 unspecified atom stereocenters. The summed E-state index contributed by atoms with van der Waals surface area (Å²) in [5.41, 5.74) is 1.15. The number of para-hydroxylation sites is 1. The van der Waals surface area contributed by atoms with Crippen LogP contribution in [0.15, 0.2) is 24.3 Å². The summed E-state index contributed by atoms with van der Waals surface area (Å²) in [6.07, 6.45) is 0. The van der Waals surface area contributed by atoms with Crippen LogP contribution >= 0.6 is 11.3 Å². The first-order valence-electron chi connectivity index (χ1n) is 7.56. The maximum absolute atomic E-state index is 4.85. The fourth-order valence-electron chi connectivity index (χ4n) is 3.92. The van der Waals surface area contributed by atoms with Crippen molar-refractivity contribution < 1.29 is 0 Å². The van der Waals surface area contributed by atoms with E-state index in [1.807, 2.05) is 11.3 Å². The lowest BCUT2D eigenvalue weighted by Gasteiger charge is -2.29. The van der Waals surface area contributed by atoms with Crippen molar-refractivity contribution >= 4 is 21.6 Å². The van der Waals surface area contributed by atoms with Crippen molar-refractivity contribution in [1.29, 1.82) is 0 Å². The van der Waals surface area contributed by atoms with Crippen molar-refractivity contribution in [3.63, 3.8) is 0 Å². The summed E-state index contributed by atoms with van der Waals surface area (Å²) in [6, 6.07) is 9.57. The number of likely N-dealkylation sites (tertiary alicyclic amines) is 1. The molecule has 1 aromatic carbocycles. The second-order valence-corrected chi connectivity index (χ2v) is 7.28. The highest BCUT2D eigenvalue weighted by molar-refractivity contribution is 7.18. The highest BCUT2D eigenvalue weighted by Crippen LogP contribution is 2.39. The lowest BCUT2D eigenvalue weighted by Crippen LogP contribution is -2.35. The van der Waals surface area contributed by atoms with Gasteiger partial charge in [0.2, 0.25) is 0 Å². The van der Waals surface area contributed by atoms with E-state index in [0.717, 1.165) is 17.4 Å². The lowest BCUT2D eigenvalue weighted by molar-refractivity contribution is 0.182. The summed E-state index contributed by atoms with van der Waals surface area (Å²) in [6.45, 7) is 8.31. The van der Waals surface area contributed by atoms with Gasteiger partial charge < -0.3 is 5.32 Å². The fourth-order valence-corrected chi connectivity index (χ4v) is 4.96. The molecule has 4 heteroatoms. The molecule has 2 aromatic rings. The lowest BCUT2D eigenvalue weighted by atomic mass is 9.95. The zero-order valence-electron chi connectivity index (χ0n) is 12.0. The van der Waals surface area contributed by atoms with Gasteiger partial charge in [0, 0.05) is 12.6 Å². The van der Waals surface area contributed by atoms with E-state index in [1.165, 1.54) is 29.3 Å². The predicted molar refractivity (Wildman–Crippen MR) is 84.1 cm³/mol. The normalized spacial score (nSPS) is 31.8. The van der Waals surface area contributed by atoms with E-state index >= 15 is 0 Å². The number of fused-ring (bicyclic) bond motifs is 2. The maximum atomic E-state index is 4.85. The molecule has 2 fully saturated rings. The Balaban J connectivity index is 1.62. The molecule has 1 aromatic heterocycles. The molecule has 0 spiro atoms. The van der Waals surface area contributed by atoms with Gasteiger partial charge in [-0.05, 0) is 50.9 Å². The van der Waals surface area contributed by atoms with Crippen LogP contribution in [0, 0.1) is 11.8 Å². The predicted octanol–water partition coefficient (Wildman–Crippen LogP) is 2.90. The summed E-state index contributed by atoms with van der Waals surface area (Å²) >= 11 is 1.85. The molecule has 20 heavy (non-hydrogen) atoms. The number of thiazole rings is 1. The van der Waals surface area contributed by atoms with Crippen LogP contribution < -0.4 is 5.32 Å². The van der Waals surface area contributed by atoms with Crippen LogP contribution in [0.4, 0.5) is 0 Å². The average molecular weight is 287 g/mol. The Morgan fingerprint density at radius 1 is 1.35 bits per heavy atom. The first-order valence-corrected chi connectivity index (χ1v) is 8.37. The number of benzene rings is 1. The van der Waals surface area contributed by atoms with Crippen LogP contribution in [0.5, 0.6) is 0 Å². The third kappa shape index (κ3) is 1.90. The summed E-state index contributed by atoms with van der Waals surface area (Å²) in [4.78, 5) is 7.51. The number of nitrogens with zero attached hydrogens (tertiary/aromatic N) is 2. The van der Waals surface area contributed by atoms with Crippen molar-refractivity contribution in [2.24, 2.45) is 11.8 Å². The standard InChI is InChI=1S/C16H21N3S/c1-10-13-8-17-7-12(13)9-19(10)11(2)16-18-14-5-3-4-6-15(14)20-16/h3-6,10-13,17H,7-9H2,1-2H3. The molecular formula is C16H21N3S. The zero-order chi connectivity index (χ0) is 13.7. The van der Waals surface area contributed by atoms with Crippen LogP contribution in [0.25, 0.3) is 10.2 Å². The van der Waals surface area contributed by atoms with E-state index in [2.05, 4.69) is 48.3 Å². The van der Waals surface area contributed by atoms with Gasteiger partial charge in [0.05, 0.1) is 16.3 Å². The van der Waals surface area contributed by atoms with Crippen molar-refractivity contribution in [1.82, 2.24) is 15.2 Å². The topological polar surface area (TPSA) is 28.2 Å². The number of rotatable bonds is 2. The van der Waals surface area contributed by atoms with E-state index in [-0.39, 0.29) is 0 Å². The Kier molecular flexibility index (Phi) is 3.05. The van der Waals surface area contributed by atoms with Crippen molar-refractivity contribution in [3.8, 4) is 0 Å². The largest absolute Gasteiger partial charge is 0.316 e. The van der Waals surface area contributed by atoms with Gasteiger partial charge in [0.15, 0.2) is 0 Å². The van der Waals surface area contributed by atoms with E-state index in [9.17, 15) is 0 Å². The van der Waals surface area contributed by atoms with E-state index in [0.29, 0.717) is 12.1 Å². The highest BCUT2D eigenvalue weighted by atomic mass is 32.1. The molecule has 0 bridgehead atoms. The zero-order valence-corrected chi connectivity index (χ0v) is 12.9. The molecule has 4 rings (SSSR count). The molecule has 2 aliphatic heterocycles. The number of hydrogen-bond donors (Lipinski definition) is 1. The number of nitrogens with one attached hydrogen (secondary N) is 1. The molecule has 0 saturated carbocycles. The molecule has 106 valence electrons. The van der Waals surface area contributed by atoms with Gasteiger partial charge >= 0.3 is 0 Å². The highest BCUT2D eigenvalue weighted by Gasteiger charge is 2.43. The third-order valence-corrected chi connectivity index (χ3v) is 6.35. The van der Waals surface area contributed by atoms with E-state index in [1.54, 1.807) is 0 Å². The fraction of sp³-hybridized carbons (Fsp3) is 0.562. The van der Waals surface area contributed by atoms with E-state index < -0.39 is 0 Å². The second-order valence-electron chi connectivity index (χ2n) is 6.22. The second kappa shape index (κ2) is 4.79. The van der Waals surface area contributed by atoms with Gasteiger partial charge in [-0.25, -0.2) is 4.98 Å². The minimum Gasteiger partial charge on any atom is -0.316 e. The van der Waals surface area contributed by atoms with Crippen molar-refractivity contribution in [3.05, 3.63) is 29.3 Å². The Morgan fingerprint density at radius 3 is 3.00 bits per heavy atom. The SMILES string of the molecule is CC(c1nc2ccccc2s1)N1CC2CNCC2C1C. The molecule has 0 aliphatic carbocycles. The number of aromatic nitrogens is 1. The van der Waals surface area contributed by atoms with Crippen LogP contribution in [0.3, 0.4) is 0 Å². The Labute approximate surface area is 124 Å². The molecule has 1 N–H and O–H groups in total. The quantitative estimate of drug-likeness (QED) is 0.920. The van der Waals surface area contributed by atoms with Gasteiger partial charge in [0.1, 0.15) is 5.01 Å². The Morgan fingerprint density at radius 2 is 2.20 bits per heavy atom. The maximum Gasteiger partial charge on any atom is 0.111 e. The molecule has 3 heterocycles. The average Bonchev–Trinajstić information content (AvgIpc) is 3.13. The van der Waals surface area contributed by atoms with Crippen molar-refractivity contribution in [2.45, 2.75) is 25.9 Å². The molecule has 0 radical (unpaired) electrons. The minimum absolute atomic E-state index is 0.438. The summed E-state index contributed by atoms with van der Waals surface area (Å²) in [5, 5.41) is 4.81. The van der Waals surface area contributed by atoms with E-state index in [4.69, 9.17) is 4.98 Å².